The van der Waals surface area contributed by atoms with Crippen LogP contribution in [0.4, 0.5) is 0 Å². The quantitative estimate of drug-likeness (QED) is 0.672. The first-order valence-electron chi connectivity index (χ1n) is 7.31. The standard InChI is InChI=1S/C14H29N3O/c1-12-9-13(2)11-17(10-12)8-4-7-16-14(18)5-3-6-15/h12-13H,3-11,15H2,1-2H3,(H,16,18). The maximum absolute atomic E-state index is 11.4. The van der Waals surface area contributed by atoms with Gasteiger partial charge in [-0.25, -0.2) is 0 Å². The molecule has 18 heavy (non-hydrogen) atoms. The average Bonchev–Trinajstić information content (AvgIpc) is 2.31. The maximum atomic E-state index is 11.4. The minimum Gasteiger partial charge on any atom is -0.356 e. The fourth-order valence-electron chi connectivity index (χ4n) is 2.86. The van der Waals surface area contributed by atoms with E-state index in [-0.39, 0.29) is 5.91 Å². The third-order valence-electron chi connectivity index (χ3n) is 3.53. The van der Waals surface area contributed by atoms with Crippen LogP contribution >= 0.6 is 0 Å². The van der Waals surface area contributed by atoms with Gasteiger partial charge in [-0.05, 0) is 44.2 Å². The van der Waals surface area contributed by atoms with Crippen LogP contribution in [0.2, 0.25) is 0 Å². The summed E-state index contributed by atoms with van der Waals surface area (Å²) in [6.45, 7) is 9.58. The van der Waals surface area contributed by atoms with Gasteiger partial charge in [0.2, 0.25) is 5.91 Å². The summed E-state index contributed by atoms with van der Waals surface area (Å²) in [4.78, 5) is 13.9. The smallest absolute Gasteiger partial charge is 0.220 e. The molecule has 2 atom stereocenters. The van der Waals surface area contributed by atoms with Crippen molar-refractivity contribution >= 4 is 5.91 Å². The van der Waals surface area contributed by atoms with Gasteiger partial charge in [-0.3, -0.25) is 4.79 Å². The molecule has 3 N–H and O–H groups in total. The normalized spacial score (nSPS) is 25.1. The molecule has 1 aliphatic rings. The van der Waals surface area contributed by atoms with Crippen LogP contribution in [0, 0.1) is 11.8 Å². The fraction of sp³-hybridized carbons (Fsp3) is 0.929. The second-order valence-corrected chi connectivity index (χ2v) is 5.80. The van der Waals surface area contributed by atoms with Gasteiger partial charge in [-0.1, -0.05) is 13.8 Å². The summed E-state index contributed by atoms with van der Waals surface area (Å²) in [5, 5.41) is 2.96. The van der Waals surface area contributed by atoms with Crippen molar-refractivity contribution in [3.63, 3.8) is 0 Å². The molecule has 0 aromatic carbocycles. The second kappa shape index (κ2) is 8.48. The Bertz CT molecular complexity index is 235. The van der Waals surface area contributed by atoms with E-state index in [4.69, 9.17) is 5.73 Å². The Hall–Kier alpha value is -0.610. The van der Waals surface area contributed by atoms with E-state index in [1.807, 2.05) is 0 Å². The second-order valence-electron chi connectivity index (χ2n) is 5.80. The lowest BCUT2D eigenvalue weighted by Gasteiger charge is -2.34. The Kier molecular flexibility index (Phi) is 7.28. The summed E-state index contributed by atoms with van der Waals surface area (Å²) in [5.41, 5.74) is 5.37. The number of piperidine rings is 1. The molecule has 1 rings (SSSR count). The molecule has 0 spiro atoms. The Morgan fingerprint density at radius 3 is 2.56 bits per heavy atom. The number of hydrogen-bond donors (Lipinski definition) is 2. The first-order chi connectivity index (χ1) is 8.61. The average molecular weight is 255 g/mol. The van der Waals surface area contributed by atoms with Crippen molar-refractivity contribution in [1.82, 2.24) is 10.2 Å². The fourth-order valence-corrected chi connectivity index (χ4v) is 2.86. The molecule has 1 amide bonds. The number of likely N-dealkylation sites (tertiary alicyclic amines) is 1. The highest BCUT2D eigenvalue weighted by Crippen LogP contribution is 2.20. The highest BCUT2D eigenvalue weighted by atomic mass is 16.1. The van der Waals surface area contributed by atoms with E-state index in [0.717, 1.165) is 37.8 Å². The lowest BCUT2D eigenvalue weighted by atomic mass is 9.92. The molecule has 0 aliphatic carbocycles. The molecule has 0 bridgehead atoms. The predicted octanol–water partition coefficient (Wildman–Crippen LogP) is 1.21. The Morgan fingerprint density at radius 1 is 1.28 bits per heavy atom. The molecule has 0 radical (unpaired) electrons. The zero-order valence-electron chi connectivity index (χ0n) is 12.0. The number of nitrogens with two attached hydrogens (primary N) is 1. The lowest BCUT2D eigenvalue weighted by molar-refractivity contribution is -0.121. The van der Waals surface area contributed by atoms with E-state index in [9.17, 15) is 4.79 Å². The van der Waals surface area contributed by atoms with Gasteiger partial charge in [-0.15, -0.1) is 0 Å². The molecule has 0 aromatic heterocycles. The van der Waals surface area contributed by atoms with Crippen molar-refractivity contribution in [2.24, 2.45) is 17.6 Å². The minimum absolute atomic E-state index is 0.140. The zero-order valence-corrected chi connectivity index (χ0v) is 12.0. The van der Waals surface area contributed by atoms with Crippen molar-refractivity contribution in [2.75, 3.05) is 32.7 Å². The number of hydrogen-bond acceptors (Lipinski definition) is 3. The van der Waals surface area contributed by atoms with Crippen LogP contribution in [0.15, 0.2) is 0 Å². The maximum Gasteiger partial charge on any atom is 0.220 e. The molecule has 4 nitrogen and oxygen atoms in total. The molecule has 1 aliphatic heterocycles. The number of rotatable bonds is 7. The van der Waals surface area contributed by atoms with Crippen molar-refractivity contribution in [2.45, 2.75) is 39.5 Å². The Morgan fingerprint density at radius 2 is 1.94 bits per heavy atom. The van der Waals surface area contributed by atoms with Crippen LogP contribution in [0.5, 0.6) is 0 Å². The largest absolute Gasteiger partial charge is 0.356 e. The molecule has 0 aromatic rings. The summed E-state index contributed by atoms with van der Waals surface area (Å²) in [7, 11) is 0. The molecule has 2 unspecified atom stereocenters. The van der Waals surface area contributed by atoms with Crippen LogP contribution < -0.4 is 11.1 Å². The van der Waals surface area contributed by atoms with Crippen molar-refractivity contribution < 1.29 is 4.79 Å². The van der Waals surface area contributed by atoms with E-state index < -0.39 is 0 Å². The predicted molar refractivity (Wildman–Crippen MR) is 75.3 cm³/mol. The molecule has 4 heteroatoms. The van der Waals surface area contributed by atoms with Gasteiger partial charge < -0.3 is 16.0 Å². The summed E-state index contributed by atoms with van der Waals surface area (Å²) >= 11 is 0. The number of carbonyl (C=O) groups excluding carboxylic acids is 1. The molecular formula is C14H29N3O. The van der Waals surface area contributed by atoms with E-state index in [2.05, 4.69) is 24.1 Å². The van der Waals surface area contributed by atoms with Crippen LogP contribution in [-0.2, 0) is 4.79 Å². The highest BCUT2D eigenvalue weighted by molar-refractivity contribution is 5.75. The van der Waals surface area contributed by atoms with E-state index in [0.29, 0.717) is 13.0 Å². The van der Waals surface area contributed by atoms with Gasteiger partial charge in [0.05, 0.1) is 0 Å². The van der Waals surface area contributed by atoms with Crippen molar-refractivity contribution in [3.05, 3.63) is 0 Å². The molecule has 1 saturated heterocycles. The first kappa shape index (κ1) is 15.4. The number of amides is 1. The number of carbonyl (C=O) groups is 1. The van der Waals surface area contributed by atoms with Gasteiger partial charge >= 0.3 is 0 Å². The SMILES string of the molecule is CC1CC(C)CN(CCCNC(=O)CCCN)C1. The molecule has 1 heterocycles. The van der Waals surface area contributed by atoms with Crippen LogP contribution in [0.1, 0.15) is 39.5 Å². The van der Waals surface area contributed by atoms with Crippen molar-refractivity contribution in [3.8, 4) is 0 Å². The summed E-state index contributed by atoms with van der Waals surface area (Å²) in [6, 6.07) is 0. The molecule has 106 valence electrons. The van der Waals surface area contributed by atoms with Gasteiger partial charge in [-0.2, -0.15) is 0 Å². The van der Waals surface area contributed by atoms with Crippen LogP contribution in [0.25, 0.3) is 0 Å². The molecule has 1 fully saturated rings. The summed E-state index contributed by atoms with van der Waals surface area (Å²) < 4.78 is 0. The number of nitrogens with one attached hydrogen (secondary N) is 1. The highest BCUT2D eigenvalue weighted by Gasteiger charge is 2.20. The minimum atomic E-state index is 0.140. The molecule has 0 saturated carbocycles. The van der Waals surface area contributed by atoms with Gasteiger partial charge in [0, 0.05) is 26.1 Å². The third-order valence-corrected chi connectivity index (χ3v) is 3.53. The van der Waals surface area contributed by atoms with Crippen LogP contribution in [0.3, 0.4) is 0 Å². The Labute approximate surface area is 111 Å². The zero-order chi connectivity index (χ0) is 13.4. The third kappa shape index (κ3) is 6.36. The van der Waals surface area contributed by atoms with Gasteiger partial charge in [0.15, 0.2) is 0 Å². The first-order valence-corrected chi connectivity index (χ1v) is 7.31. The summed E-state index contributed by atoms with van der Waals surface area (Å²) in [5.74, 6) is 1.77. The van der Waals surface area contributed by atoms with E-state index >= 15 is 0 Å². The monoisotopic (exact) mass is 255 g/mol. The van der Waals surface area contributed by atoms with E-state index in [1.165, 1.54) is 19.5 Å². The van der Waals surface area contributed by atoms with Crippen LogP contribution in [-0.4, -0.2) is 43.5 Å². The van der Waals surface area contributed by atoms with Crippen molar-refractivity contribution in [1.29, 1.82) is 0 Å². The Balaban J connectivity index is 2.05. The lowest BCUT2D eigenvalue weighted by Crippen LogP contribution is -2.40. The van der Waals surface area contributed by atoms with E-state index in [1.54, 1.807) is 0 Å². The number of nitrogens with zero attached hydrogens (tertiary/aromatic N) is 1. The summed E-state index contributed by atoms with van der Waals surface area (Å²) in [6.07, 6.45) is 3.75. The van der Waals surface area contributed by atoms with Gasteiger partial charge in [0.25, 0.3) is 0 Å². The van der Waals surface area contributed by atoms with Gasteiger partial charge in [0.1, 0.15) is 0 Å². The molecular weight excluding hydrogens is 226 g/mol. The topological polar surface area (TPSA) is 58.4 Å².